The molecule has 7 nitrogen and oxygen atoms in total. The van der Waals surface area contributed by atoms with Crippen LogP contribution in [0, 0.1) is 0 Å². The molecule has 0 aromatic heterocycles. The molecule has 1 fully saturated rings. The summed E-state index contributed by atoms with van der Waals surface area (Å²) in [6, 6.07) is 16.0. The zero-order chi connectivity index (χ0) is 26.1. The van der Waals surface area contributed by atoms with E-state index in [1.165, 1.54) is 4.31 Å². The fourth-order valence-electron chi connectivity index (χ4n) is 4.60. The molecule has 2 aromatic rings. The molecule has 0 saturated heterocycles. The van der Waals surface area contributed by atoms with Crippen LogP contribution in [0.4, 0.5) is 5.69 Å². The van der Waals surface area contributed by atoms with Gasteiger partial charge < -0.3 is 10.2 Å². The summed E-state index contributed by atoms with van der Waals surface area (Å²) < 4.78 is 26.1. The van der Waals surface area contributed by atoms with Crippen molar-refractivity contribution in [2.75, 3.05) is 23.7 Å². The second-order valence-corrected chi connectivity index (χ2v) is 11.8. The number of carbonyl (C=O) groups is 2. The highest BCUT2D eigenvalue weighted by atomic mass is 35.5. The number of sulfonamides is 1. The number of benzene rings is 2. The first-order chi connectivity index (χ1) is 17.1. The Morgan fingerprint density at radius 1 is 1.06 bits per heavy atom. The zero-order valence-corrected chi connectivity index (χ0v) is 22.6. The third kappa shape index (κ3) is 8.23. The van der Waals surface area contributed by atoms with Crippen molar-refractivity contribution in [2.24, 2.45) is 0 Å². The average Bonchev–Trinajstić information content (AvgIpc) is 3.34. The predicted molar refractivity (Wildman–Crippen MR) is 145 cm³/mol. The third-order valence-electron chi connectivity index (χ3n) is 6.60. The highest BCUT2D eigenvalue weighted by Gasteiger charge is 2.28. The molecule has 196 valence electrons. The van der Waals surface area contributed by atoms with Crippen molar-refractivity contribution in [1.82, 2.24) is 10.2 Å². The standard InChI is InChI=1S/C27H36ClN3O4S/c1-21(27(33)29-24-13-6-7-14-24)30(19-17-22-10-4-3-5-11-22)26(32)16-9-18-31(36(2,34)35)25-15-8-12-23(28)20-25/h3-5,8,10-12,15,20-21,24H,6-7,9,13-14,16-19H2,1-2H3,(H,29,33)/t21-/m0/s1. The Morgan fingerprint density at radius 2 is 1.75 bits per heavy atom. The molecule has 1 atom stereocenters. The number of hydrogen-bond donors (Lipinski definition) is 1. The summed E-state index contributed by atoms with van der Waals surface area (Å²) in [7, 11) is -3.56. The van der Waals surface area contributed by atoms with E-state index in [1.54, 1.807) is 36.1 Å². The fraction of sp³-hybridized carbons (Fsp3) is 0.481. The fourth-order valence-corrected chi connectivity index (χ4v) is 5.74. The summed E-state index contributed by atoms with van der Waals surface area (Å²) in [6.07, 6.45) is 6.38. The molecule has 1 N–H and O–H groups in total. The van der Waals surface area contributed by atoms with E-state index in [0.29, 0.717) is 30.1 Å². The van der Waals surface area contributed by atoms with Crippen LogP contribution in [-0.2, 0) is 26.0 Å². The number of carbonyl (C=O) groups excluding carboxylic acids is 2. The van der Waals surface area contributed by atoms with E-state index in [2.05, 4.69) is 5.32 Å². The number of rotatable bonds is 12. The van der Waals surface area contributed by atoms with E-state index in [1.807, 2.05) is 30.3 Å². The first-order valence-electron chi connectivity index (χ1n) is 12.5. The normalized spacial score (nSPS) is 14.9. The van der Waals surface area contributed by atoms with Gasteiger partial charge in [-0.25, -0.2) is 8.42 Å². The SMILES string of the molecule is C[C@@H](C(=O)NC1CCCC1)N(CCc1ccccc1)C(=O)CCCN(c1cccc(Cl)c1)S(C)(=O)=O. The molecule has 2 aromatic carbocycles. The lowest BCUT2D eigenvalue weighted by atomic mass is 10.1. The van der Waals surface area contributed by atoms with Gasteiger partial charge in [-0.15, -0.1) is 0 Å². The summed E-state index contributed by atoms with van der Waals surface area (Å²) in [5.74, 6) is -0.306. The van der Waals surface area contributed by atoms with Gasteiger partial charge in [0.2, 0.25) is 21.8 Å². The molecule has 0 heterocycles. The van der Waals surface area contributed by atoms with Gasteiger partial charge in [-0.1, -0.05) is 60.8 Å². The topological polar surface area (TPSA) is 86.8 Å². The number of halogens is 1. The van der Waals surface area contributed by atoms with Gasteiger partial charge in [0, 0.05) is 30.6 Å². The first kappa shape index (κ1) is 28.0. The van der Waals surface area contributed by atoms with Crippen LogP contribution in [0.5, 0.6) is 0 Å². The van der Waals surface area contributed by atoms with Crippen molar-refractivity contribution in [3.8, 4) is 0 Å². The molecule has 1 aliphatic rings. The minimum atomic E-state index is -3.56. The van der Waals surface area contributed by atoms with Crippen molar-refractivity contribution in [3.63, 3.8) is 0 Å². The molecule has 1 aliphatic carbocycles. The lowest BCUT2D eigenvalue weighted by Crippen LogP contribution is -2.50. The van der Waals surface area contributed by atoms with Crippen molar-refractivity contribution >= 4 is 39.1 Å². The molecular formula is C27H36ClN3O4S. The van der Waals surface area contributed by atoms with Gasteiger partial charge in [-0.05, 0) is 56.4 Å². The molecular weight excluding hydrogens is 498 g/mol. The van der Waals surface area contributed by atoms with Gasteiger partial charge in [0.05, 0.1) is 11.9 Å². The Balaban J connectivity index is 1.67. The van der Waals surface area contributed by atoms with Crippen molar-refractivity contribution in [2.45, 2.75) is 64.0 Å². The van der Waals surface area contributed by atoms with E-state index >= 15 is 0 Å². The average molecular weight is 534 g/mol. The highest BCUT2D eigenvalue weighted by Crippen LogP contribution is 2.23. The van der Waals surface area contributed by atoms with Crippen LogP contribution < -0.4 is 9.62 Å². The lowest BCUT2D eigenvalue weighted by molar-refractivity contribution is -0.140. The summed E-state index contributed by atoms with van der Waals surface area (Å²) in [4.78, 5) is 27.9. The second kappa shape index (κ2) is 13.1. The maximum absolute atomic E-state index is 13.3. The van der Waals surface area contributed by atoms with Gasteiger partial charge in [0.1, 0.15) is 6.04 Å². The van der Waals surface area contributed by atoms with Gasteiger partial charge in [0.25, 0.3) is 0 Å². The maximum Gasteiger partial charge on any atom is 0.242 e. The van der Waals surface area contributed by atoms with Crippen LogP contribution in [0.2, 0.25) is 5.02 Å². The Labute approximate surface area is 219 Å². The monoisotopic (exact) mass is 533 g/mol. The zero-order valence-electron chi connectivity index (χ0n) is 21.0. The van der Waals surface area contributed by atoms with Crippen molar-refractivity contribution in [1.29, 1.82) is 0 Å². The van der Waals surface area contributed by atoms with Crippen LogP contribution >= 0.6 is 11.6 Å². The Kier molecular flexibility index (Phi) is 10.2. The lowest BCUT2D eigenvalue weighted by Gasteiger charge is -2.30. The van der Waals surface area contributed by atoms with Gasteiger partial charge >= 0.3 is 0 Å². The molecule has 2 amide bonds. The van der Waals surface area contributed by atoms with E-state index in [-0.39, 0.29) is 30.8 Å². The molecule has 0 radical (unpaired) electrons. The number of nitrogens with one attached hydrogen (secondary N) is 1. The maximum atomic E-state index is 13.3. The van der Waals surface area contributed by atoms with Crippen LogP contribution in [-0.4, -0.2) is 56.6 Å². The molecule has 0 unspecified atom stereocenters. The molecule has 0 spiro atoms. The molecule has 3 rings (SSSR count). The van der Waals surface area contributed by atoms with Crippen molar-refractivity contribution < 1.29 is 18.0 Å². The van der Waals surface area contributed by atoms with E-state index < -0.39 is 16.1 Å². The van der Waals surface area contributed by atoms with Crippen molar-refractivity contribution in [3.05, 3.63) is 65.2 Å². The summed E-state index contributed by atoms with van der Waals surface area (Å²) in [5, 5.41) is 3.54. The van der Waals surface area contributed by atoms with E-state index in [9.17, 15) is 18.0 Å². The second-order valence-electron chi connectivity index (χ2n) is 9.41. The minimum Gasteiger partial charge on any atom is -0.352 e. The number of amides is 2. The molecule has 9 heteroatoms. The summed E-state index contributed by atoms with van der Waals surface area (Å²) in [5.41, 5.74) is 1.55. The number of anilines is 1. The highest BCUT2D eigenvalue weighted by molar-refractivity contribution is 7.92. The molecule has 0 aliphatic heterocycles. The Morgan fingerprint density at radius 3 is 2.39 bits per heavy atom. The van der Waals surface area contributed by atoms with Crippen LogP contribution in [0.1, 0.15) is 51.0 Å². The Bertz CT molecular complexity index is 1120. The van der Waals surface area contributed by atoms with E-state index in [0.717, 1.165) is 37.5 Å². The summed E-state index contributed by atoms with van der Waals surface area (Å²) in [6.45, 7) is 2.31. The van der Waals surface area contributed by atoms with Crippen LogP contribution in [0.25, 0.3) is 0 Å². The first-order valence-corrected chi connectivity index (χ1v) is 14.7. The third-order valence-corrected chi connectivity index (χ3v) is 8.03. The summed E-state index contributed by atoms with van der Waals surface area (Å²) >= 11 is 6.06. The quantitative estimate of drug-likeness (QED) is 0.438. The van der Waals surface area contributed by atoms with Gasteiger partial charge in [-0.3, -0.25) is 13.9 Å². The predicted octanol–water partition coefficient (Wildman–Crippen LogP) is 4.40. The minimum absolute atomic E-state index is 0.127. The number of hydrogen-bond acceptors (Lipinski definition) is 4. The van der Waals surface area contributed by atoms with Crippen LogP contribution in [0.3, 0.4) is 0 Å². The van der Waals surface area contributed by atoms with Gasteiger partial charge in [-0.2, -0.15) is 0 Å². The number of nitrogens with zero attached hydrogens (tertiary/aromatic N) is 2. The van der Waals surface area contributed by atoms with E-state index in [4.69, 9.17) is 11.6 Å². The smallest absolute Gasteiger partial charge is 0.242 e. The molecule has 0 bridgehead atoms. The molecule has 1 saturated carbocycles. The molecule has 36 heavy (non-hydrogen) atoms. The van der Waals surface area contributed by atoms with Crippen LogP contribution in [0.15, 0.2) is 54.6 Å². The Hall–Kier alpha value is -2.58. The van der Waals surface area contributed by atoms with Gasteiger partial charge in [0.15, 0.2) is 0 Å². The largest absolute Gasteiger partial charge is 0.352 e.